The molecule has 0 aromatic carbocycles. The van der Waals surface area contributed by atoms with Crippen LogP contribution in [0.3, 0.4) is 0 Å². The van der Waals surface area contributed by atoms with Gasteiger partial charge < -0.3 is 14.8 Å². The second-order valence-corrected chi connectivity index (χ2v) is 4.50. The molecule has 0 unspecified atom stereocenters. The normalized spacial score (nSPS) is 30.2. The van der Waals surface area contributed by atoms with Crippen molar-refractivity contribution < 1.29 is 9.47 Å². The molecule has 1 aliphatic carbocycles. The summed E-state index contributed by atoms with van der Waals surface area (Å²) in [6.45, 7) is 3.83. The molecule has 0 amide bonds. The van der Waals surface area contributed by atoms with Crippen molar-refractivity contribution in [1.82, 2.24) is 5.32 Å². The molecule has 0 aromatic heterocycles. The maximum atomic E-state index is 5.86. The van der Waals surface area contributed by atoms with E-state index >= 15 is 0 Å². The number of piperidine rings is 1. The van der Waals surface area contributed by atoms with Crippen molar-refractivity contribution in [2.24, 2.45) is 5.41 Å². The molecule has 1 saturated heterocycles. The first-order valence-corrected chi connectivity index (χ1v) is 5.69. The van der Waals surface area contributed by atoms with Crippen LogP contribution in [0.5, 0.6) is 0 Å². The highest BCUT2D eigenvalue weighted by molar-refractivity contribution is 4.99. The van der Waals surface area contributed by atoms with Gasteiger partial charge in [-0.2, -0.15) is 0 Å². The molecule has 14 heavy (non-hydrogen) atoms. The molecule has 1 N–H and O–H groups in total. The minimum Gasteiger partial charge on any atom is -0.382 e. The number of rotatable bonds is 4. The summed E-state index contributed by atoms with van der Waals surface area (Å²) >= 11 is 0. The van der Waals surface area contributed by atoms with E-state index in [0.29, 0.717) is 11.5 Å². The average molecular weight is 199 g/mol. The molecular formula is C11H21NO2. The fraction of sp³-hybridized carbons (Fsp3) is 1.00. The molecule has 1 saturated carbocycles. The summed E-state index contributed by atoms with van der Waals surface area (Å²) in [5, 5.41) is 3.42. The van der Waals surface area contributed by atoms with E-state index in [2.05, 4.69) is 5.32 Å². The zero-order chi connectivity index (χ0) is 9.86. The second kappa shape index (κ2) is 4.60. The first kappa shape index (κ1) is 10.4. The predicted molar refractivity (Wildman–Crippen MR) is 55.4 cm³/mol. The fourth-order valence-electron chi connectivity index (χ4n) is 2.70. The van der Waals surface area contributed by atoms with E-state index in [1.807, 2.05) is 0 Å². The largest absolute Gasteiger partial charge is 0.382 e. The van der Waals surface area contributed by atoms with Crippen LogP contribution in [0.4, 0.5) is 0 Å². The van der Waals surface area contributed by atoms with E-state index in [1.54, 1.807) is 7.11 Å². The lowest BCUT2D eigenvalue weighted by Crippen LogP contribution is -2.52. The van der Waals surface area contributed by atoms with Gasteiger partial charge in [-0.25, -0.2) is 0 Å². The lowest BCUT2D eigenvalue weighted by atomic mass is 9.61. The van der Waals surface area contributed by atoms with Crippen LogP contribution in [0.25, 0.3) is 0 Å². The Morgan fingerprint density at radius 3 is 2.57 bits per heavy atom. The molecule has 0 radical (unpaired) electrons. The van der Waals surface area contributed by atoms with Gasteiger partial charge in [-0.3, -0.25) is 0 Å². The van der Waals surface area contributed by atoms with E-state index in [1.165, 1.54) is 38.8 Å². The summed E-state index contributed by atoms with van der Waals surface area (Å²) in [6.07, 6.45) is 5.73. The molecule has 1 spiro atoms. The van der Waals surface area contributed by atoms with Crippen molar-refractivity contribution >= 4 is 0 Å². The van der Waals surface area contributed by atoms with Crippen molar-refractivity contribution in [3.05, 3.63) is 0 Å². The van der Waals surface area contributed by atoms with Gasteiger partial charge in [0.15, 0.2) is 0 Å². The lowest BCUT2D eigenvalue weighted by Gasteiger charge is -2.51. The Balaban J connectivity index is 1.76. The van der Waals surface area contributed by atoms with Crippen LogP contribution in [0, 0.1) is 5.41 Å². The molecule has 0 bridgehead atoms. The maximum Gasteiger partial charge on any atom is 0.0704 e. The van der Waals surface area contributed by atoms with Crippen LogP contribution in [0.2, 0.25) is 0 Å². The molecule has 1 aliphatic heterocycles. The van der Waals surface area contributed by atoms with E-state index in [4.69, 9.17) is 9.47 Å². The standard InChI is InChI=1S/C11H21NO2/c1-13-8-9-14-10-2-3-11(10)4-6-12-7-5-11/h10,12H,2-9H2,1H3/t10-/m1/s1. The number of hydrogen-bond donors (Lipinski definition) is 1. The Kier molecular flexibility index (Phi) is 3.42. The summed E-state index contributed by atoms with van der Waals surface area (Å²) in [6, 6.07) is 0. The van der Waals surface area contributed by atoms with Crippen LogP contribution in [-0.2, 0) is 9.47 Å². The van der Waals surface area contributed by atoms with Gasteiger partial charge in [0.2, 0.25) is 0 Å². The van der Waals surface area contributed by atoms with Gasteiger partial charge in [0, 0.05) is 7.11 Å². The number of ether oxygens (including phenoxy) is 2. The minimum atomic E-state index is 0.514. The SMILES string of the molecule is COCCO[C@@H]1CCC12CCNCC2. The van der Waals surface area contributed by atoms with Crippen molar-refractivity contribution in [3.63, 3.8) is 0 Å². The highest BCUT2D eigenvalue weighted by Crippen LogP contribution is 2.49. The maximum absolute atomic E-state index is 5.86. The third-order valence-electron chi connectivity index (χ3n) is 3.79. The topological polar surface area (TPSA) is 30.5 Å². The van der Waals surface area contributed by atoms with Crippen molar-refractivity contribution in [2.75, 3.05) is 33.4 Å². The summed E-state index contributed by atoms with van der Waals surface area (Å²) < 4.78 is 10.9. The van der Waals surface area contributed by atoms with Gasteiger partial charge in [-0.15, -0.1) is 0 Å². The van der Waals surface area contributed by atoms with Crippen molar-refractivity contribution in [3.8, 4) is 0 Å². The molecule has 0 aromatic rings. The summed E-state index contributed by atoms with van der Waals surface area (Å²) in [5.41, 5.74) is 0.527. The van der Waals surface area contributed by atoms with Crippen molar-refractivity contribution in [1.29, 1.82) is 0 Å². The third kappa shape index (κ3) is 1.95. The Hall–Kier alpha value is -0.120. The fourth-order valence-corrected chi connectivity index (χ4v) is 2.70. The van der Waals surface area contributed by atoms with Crippen LogP contribution >= 0.6 is 0 Å². The number of hydrogen-bond acceptors (Lipinski definition) is 3. The van der Waals surface area contributed by atoms with E-state index in [0.717, 1.165) is 13.2 Å². The van der Waals surface area contributed by atoms with Crippen LogP contribution in [0.1, 0.15) is 25.7 Å². The molecule has 1 atom stereocenters. The molecule has 2 aliphatic rings. The lowest BCUT2D eigenvalue weighted by molar-refractivity contribution is -0.132. The number of methoxy groups -OCH3 is 1. The Morgan fingerprint density at radius 1 is 1.21 bits per heavy atom. The third-order valence-corrected chi connectivity index (χ3v) is 3.79. The second-order valence-electron chi connectivity index (χ2n) is 4.50. The van der Waals surface area contributed by atoms with Gasteiger partial charge >= 0.3 is 0 Å². The summed E-state index contributed by atoms with van der Waals surface area (Å²) in [5.74, 6) is 0. The monoisotopic (exact) mass is 199 g/mol. The van der Waals surface area contributed by atoms with Gasteiger partial charge in [0.25, 0.3) is 0 Å². The van der Waals surface area contributed by atoms with Gasteiger partial charge in [0.05, 0.1) is 19.3 Å². The average Bonchev–Trinajstić information content (AvgIpc) is 2.24. The molecular weight excluding hydrogens is 178 g/mol. The Bertz CT molecular complexity index is 178. The first-order valence-electron chi connectivity index (χ1n) is 5.69. The van der Waals surface area contributed by atoms with E-state index in [9.17, 15) is 0 Å². The van der Waals surface area contributed by atoms with E-state index in [-0.39, 0.29) is 0 Å². The molecule has 1 heterocycles. The van der Waals surface area contributed by atoms with Gasteiger partial charge in [-0.1, -0.05) is 0 Å². The molecule has 3 nitrogen and oxygen atoms in total. The quantitative estimate of drug-likeness (QED) is 0.690. The van der Waals surface area contributed by atoms with Crippen LogP contribution in [-0.4, -0.2) is 39.5 Å². The zero-order valence-electron chi connectivity index (χ0n) is 9.05. The molecule has 3 heteroatoms. The first-order chi connectivity index (χ1) is 6.87. The van der Waals surface area contributed by atoms with Crippen LogP contribution in [0.15, 0.2) is 0 Å². The summed E-state index contributed by atoms with van der Waals surface area (Å²) in [7, 11) is 1.73. The minimum absolute atomic E-state index is 0.514. The molecule has 2 rings (SSSR count). The van der Waals surface area contributed by atoms with Crippen LogP contribution < -0.4 is 5.32 Å². The zero-order valence-corrected chi connectivity index (χ0v) is 9.05. The van der Waals surface area contributed by atoms with Gasteiger partial charge in [0.1, 0.15) is 0 Å². The van der Waals surface area contributed by atoms with Gasteiger partial charge in [-0.05, 0) is 44.2 Å². The Labute approximate surface area is 86.2 Å². The highest BCUT2D eigenvalue weighted by atomic mass is 16.5. The Morgan fingerprint density at radius 2 is 2.00 bits per heavy atom. The smallest absolute Gasteiger partial charge is 0.0704 e. The molecule has 2 fully saturated rings. The highest BCUT2D eigenvalue weighted by Gasteiger charge is 2.47. The van der Waals surface area contributed by atoms with E-state index < -0.39 is 0 Å². The summed E-state index contributed by atoms with van der Waals surface area (Å²) in [4.78, 5) is 0. The van der Waals surface area contributed by atoms with Crippen molar-refractivity contribution in [2.45, 2.75) is 31.8 Å². The predicted octanol–water partition coefficient (Wildman–Crippen LogP) is 1.18. The molecule has 82 valence electrons. The number of nitrogens with one attached hydrogen (secondary N) is 1.